The van der Waals surface area contributed by atoms with Crippen LogP contribution in [0.4, 0.5) is 0 Å². The lowest BCUT2D eigenvalue weighted by Crippen LogP contribution is -1.95. The molecule has 18 heavy (non-hydrogen) atoms. The fourth-order valence-corrected chi connectivity index (χ4v) is 2.16. The monoisotopic (exact) mass is 237 g/mol. The molecule has 0 bridgehead atoms. The molecule has 0 aliphatic heterocycles. The highest BCUT2D eigenvalue weighted by atomic mass is 15.0. The van der Waals surface area contributed by atoms with Crippen LogP contribution in [0.5, 0.6) is 0 Å². The molecule has 3 aromatic rings. The van der Waals surface area contributed by atoms with Crippen LogP contribution in [0, 0.1) is 0 Å². The van der Waals surface area contributed by atoms with Crippen molar-refractivity contribution in [2.75, 3.05) is 0 Å². The van der Waals surface area contributed by atoms with E-state index >= 15 is 0 Å². The molecule has 0 spiro atoms. The fraction of sp³-hybridized carbons (Fsp3) is 0.200. The van der Waals surface area contributed by atoms with Gasteiger partial charge in [0.2, 0.25) is 0 Å². The predicted octanol–water partition coefficient (Wildman–Crippen LogP) is 3.52. The average Bonchev–Trinajstić information content (AvgIpc) is 2.79. The van der Waals surface area contributed by atoms with Crippen LogP contribution in [-0.2, 0) is 0 Å². The number of hydrogen-bond acceptors (Lipinski definition) is 2. The zero-order chi connectivity index (χ0) is 12.5. The summed E-state index contributed by atoms with van der Waals surface area (Å²) in [6.45, 7) is 4.31. The molecule has 0 N–H and O–H groups in total. The largest absolute Gasteiger partial charge is 0.303 e. The topological polar surface area (TPSA) is 30.2 Å². The van der Waals surface area contributed by atoms with Gasteiger partial charge in [-0.25, -0.2) is 4.98 Å². The van der Waals surface area contributed by atoms with Crippen LogP contribution < -0.4 is 0 Å². The normalized spacial score (nSPS) is 11.3. The van der Waals surface area contributed by atoms with Crippen molar-refractivity contribution in [1.29, 1.82) is 0 Å². The molecule has 0 atom stereocenters. The first-order valence-corrected chi connectivity index (χ1v) is 6.16. The maximum atomic E-state index is 4.76. The van der Waals surface area contributed by atoms with Crippen molar-refractivity contribution in [3.8, 4) is 11.4 Å². The molecule has 90 valence electrons. The van der Waals surface area contributed by atoms with Crippen molar-refractivity contribution >= 4 is 5.52 Å². The predicted molar refractivity (Wildman–Crippen MR) is 72.5 cm³/mol. The molecule has 3 heterocycles. The van der Waals surface area contributed by atoms with Crippen molar-refractivity contribution in [2.24, 2.45) is 0 Å². The van der Waals surface area contributed by atoms with E-state index in [0.717, 1.165) is 22.7 Å². The van der Waals surface area contributed by atoms with E-state index in [2.05, 4.69) is 35.5 Å². The highest BCUT2D eigenvalue weighted by Crippen LogP contribution is 2.26. The van der Waals surface area contributed by atoms with Crippen LogP contribution in [0.3, 0.4) is 0 Å². The van der Waals surface area contributed by atoms with Crippen LogP contribution in [0.2, 0.25) is 0 Å². The van der Waals surface area contributed by atoms with Gasteiger partial charge in [0.25, 0.3) is 0 Å². The molecule has 3 nitrogen and oxygen atoms in total. The third kappa shape index (κ3) is 1.68. The minimum absolute atomic E-state index is 0.386. The molecule has 0 saturated heterocycles. The van der Waals surface area contributed by atoms with Crippen LogP contribution in [0.25, 0.3) is 16.9 Å². The Morgan fingerprint density at radius 3 is 2.61 bits per heavy atom. The third-order valence-corrected chi connectivity index (χ3v) is 3.00. The summed E-state index contributed by atoms with van der Waals surface area (Å²) in [7, 11) is 0. The molecule has 3 aromatic heterocycles. The summed E-state index contributed by atoms with van der Waals surface area (Å²) >= 11 is 0. The molecule has 0 aromatic carbocycles. The zero-order valence-electron chi connectivity index (χ0n) is 10.5. The summed E-state index contributed by atoms with van der Waals surface area (Å²) in [6, 6.07) is 12.1. The Labute approximate surface area is 106 Å². The number of pyridine rings is 2. The van der Waals surface area contributed by atoms with Gasteiger partial charge in [-0.15, -0.1) is 0 Å². The van der Waals surface area contributed by atoms with E-state index in [1.54, 1.807) is 6.20 Å². The second kappa shape index (κ2) is 4.26. The highest BCUT2D eigenvalue weighted by Gasteiger charge is 2.14. The molecular weight excluding hydrogens is 222 g/mol. The molecule has 0 aliphatic carbocycles. The number of nitrogens with zero attached hydrogens (tertiary/aromatic N) is 3. The average molecular weight is 237 g/mol. The summed E-state index contributed by atoms with van der Waals surface area (Å²) in [4.78, 5) is 9.16. The summed E-state index contributed by atoms with van der Waals surface area (Å²) < 4.78 is 2.15. The molecule has 0 radical (unpaired) electrons. The summed E-state index contributed by atoms with van der Waals surface area (Å²) in [5, 5.41) is 0. The zero-order valence-corrected chi connectivity index (χ0v) is 10.5. The Hall–Kier alpha value is -2.16. The van der Waals surface area contributed by atoms with E-state index < -0.39 is 0 Å². The summed E-state index contributed by atoms with van der Waals surface area (Å²) in [5.74, 6) is 1.46. The summed E-state index contributed by atoms with van der Waals surface area (Å²) in [5.41, 5.74) is 2.99. The Morgan fingerprint density at radius 2 is 1.89 bits per heavy atom. The first kappa shape index (κ1) is 11.0. The van der Waals surface area contributed by atoms with Gasteiger partial charge >= 0.3 is 0 Å². The number of imidazole rings is 1. The lowest BCUT2D eigenvalue weighted by molar-refractivity contribution is 0.771. The van der Waals surface area contributed by atoms with Gasteiger partial charge < -0.3 is 4.40 Å². The van der Waals surface area contributed by atoms with E-state index in [4.69, 9.17) is 4.98 Å². The van der Waals surface area contributed by atoms with Crippen LogP contribution >= 0.6 is 0 Å². The first-order chi connectivity index (χ1) is 8.77. The van der Waals surface area contributed by atoms with Gasteiger partial charge in [0.05, 0.1) is 11.2 Å². The quantitative estimate of drug-likeness (QED) is 0.682. The first-order valence-electron chi connectivity index (χ1n) is 6.16. The number of aromatic nitrogens is 3. The van der Waals surface area contributed by atoms with E-state index in [9.17, 15) is 0 Å². The van der Waals surface area contributed by atoms with Gasteiger partial charge in [0, 0.05) is 18.3 Å². The van der Waals surface area contributed by atoms with Crippen molar-refractivity contribution in [1.82, 2.24) is 14.4 Å². The Kier molecular flexibility index (Phi) is 2.59. The molecule has 0 amide bonds. The Morgan fingerprint density at radius 1 is 1.06 bits per heavy atom. The summed E-state index contributed by atoms with van der Waals surface area (Å²) in [6.07, 6.45) is 3.86. The molecule has 0 unspecified atom stereocenters. The Bertz CT molecular complexity index is 669. The standard InChI is InChI=1S/C15H15N3/c1-11(2)15-17-14(12-7-3-5-9-16-12)13-8-4-6-10-18(13)15/h3-11H,1-2H3. The number of hydrogen-bond donors (Lipinski definition) is 0. The maximum absolute atomic E-state index is 4.76. The number of fused-ring (bicyclic) bond motifs is 1. The van der Waals surface area contributed by atoms with Crippen LogP contribution in [0.15, 0.2) is 48.8 Å². The van der Waals surface area contributed by atoms with Gasteiger partial charge in [-0.3, -0.25) is 4.98 Å². The van der Waals surface area contributed by atoms with E-state index in [1.807, 2.05) is 30.3 Å². The molecule has 0 fully saturated rings. The molecule has 3 heteroatoms. The SMILES string of the molecule is CC(C)c1nc(-c2ccccn2)c2ccccn12. The van der Waals surface area contributed by atoms with E-state index in [-0.39, 0.29) is 0 Å². The Balaban J connectivity index is 2.31. The van der Waals surface area contributed by atoms with E-state index in [0.29, 0.717) is 5.92 Å². The van der Waals surface area contributed by atoms with Crippen molar-refractivity contribution in [3.05, 3.63) is 54.6 Å². The molecule has 3 rings (SSSR count). The van der Waals surface area contributed by atoms with Gasteiger partial charge in [0.15, 0.2) is 0 Å². The molecular formula is C15H15N3. The molecule has 0 saturated carbocycles. The second-order valence-corrected chi connectivity index (χ2v) is 4.64. The van der Waals surface area contributed by atoms with E-state index in [1.165, 1.54) is 0 Å². The minimum Gasteiger partial charge on any atom is -0.303 e. The fourth-order valence-electron chi connectivity index (χ4n) is 2.16. The van der Waals surface area contributed by atoms with Gasteiger partial charge in [0.1, 0.15) is 11.5 Å². The van der Waals surface area contributed by atoms with Crippen molar-refractivity contribution in [2.45, 2.75) is 19.8 Å². The highest BCUT2D eigenvalue weighted by molar-refractivity contribution is 5.75. The molecule has 0 aliphatic rings. The lowest BCUT2D eigenvalue weighted by Gasteiger charge is -2.02. The second-order valence-electron chi connectivity index (χ2n) is 4.64. The lowest BCUT2D eigenvalue weighted by atomic mass is 10.2. The van der Waals surface area contributed by atoms with Crippen LogP contribution in [0.1, 0.15) is 25.6 Å². The minimum atomic E-state index is 0.386. The third-order valence-electron chi connectivity index (χ3n) is 3.00. The smallest absolute Gasteiger partial charge is 0.116 e. The van der Waals surface area contributed by atoms with Gasteiger partial charge in [-0.05, 0) is 24.3 Å². The van der Waals surface area contributed by atoms with Crippen molar-refractivity contribution in [3.63, 3.8) is 0 Å². The maximum Gasteiger partial charge on any atom is 0.116 e. The van der Waals surface area contributed by atoms with Crippen molar-refractivity contribution < 1.29 is 0 Å². The van der Waals surface area contributed by atoms with Gasteiger partial charge in [-0.1, -0.05) is 26.0 Å². The van der Waals surface area contributed by atoms with Crippen LogP contribution in [-0.4, -0.2) is 14.4 Å². The van der Waals surface area contributed by atoms with Gasteiger partial charge in [-0.2, -0.15) is 0 Å². The number of rotatable bonds is 2.